The minimum absolute atomic E-state index is 0.500. The summed E-state index contributed by atoms with van der Waals surface area (Å²) < 4.78 is 11.5. The molecule has 4 heteroatoms. The van der Waals surface area contributed by atoms with Crippen molar-refractivity contribution in [1.82, 2.24) is 10.2 Å². The van der Waals surface area contributed by atoms with Crippen LogP contribution in [-0.2, 0) is 0 Å². The second-order valence-corrected chi connectivity index (χ2v) is 2.83. The summed E-state index contributed by atoms with van der Waals surface area (Å²) in [6.07, 6.45) is 2.49. The predicted molar refractivity (Wildman–Crippen MR) is 49.7 cm³/mol. The molecule has 61 valence electrons. The Bertz CT molecular complexity index is 177. The Labute approximate surface area is 72.2 Å². The molecule has 0 spiro atoms. The van der Waals surface area contributed by atoms with Crippen molar-refractivity contribution >= 4 is 14.3 Å². The topological polar surface area (TPSA) is 27.6 Å². The second-order valence-electron chi connectivity index (χ2n) is 2.83. The third kappa shape index (κ3) is 1.67. The molecule has 0 saturated carbocycles. The highest BCUT2D eigenvalue weighted by atomic mass is 15.3. The maximum absolute atomic E-state index is 5.75. The zero-order valence-electron chi connectivity index (χ0n) is 8.71. The maximum atomic E-state index is 5.75. The van der Waals surface area contributed by atoms with E-state index in [0.717, 1.165) is 19.0 Å². The van der Waals surface area contributed by atoms with E-state index in [1.807, 2.05) is 0 Å². The van der Waals surface area contributed by atoms with Gasteiger partial charge in [0.05, 0.1) is 8.34 Å². The van der Waals surface area contributed by atoms with Gasteiger partial charge in [-0.1, -0.05) is 0 Å². The molecule has 1 N–H and O–H groups in total. The monoisotopic (exact) mass is 155 g/mol. The summed E-state index contributed by atoms with van der Waals surface area (Å²) in [5.74, 6) is 1.14. The summed E-state index contributed by atoms with van der Waals surface area (Å²) in [6, 6.07) is 0. The van der Waals surface area contributed by atoms with E-state index < -0.39 is 0 Å². The molecule has 0 bridgehead atoms. The lowest BCUT2D eigenvalue weighted by atomic mass is 10.2. The van der Waals surface area contributed by atoms with Crippen molar-refractivity contribution in [2.24, 2.45) is 4.99 Å². The largest absolute Gasteiger partial charge is 0.356 e. The van der Waals surface area contributed by atoms with Gasteiger partial charge in [0, 0.05) is 26.2 Å². The van der Waals surface area contributed by atoms with Crippen LogP contribution >= 0.6 is 0 Å². The van der Waals surface area contributed by atoms with Gasteiger partial charge in [0.1, 0.15) is 0 Å². The van der Waals surface area contributed by atoms with Crippen molar-refractivity contribution in [2.75, 3.05) is 26.2 Å². The molecule has 1 radical (unpaired) electrons. The van der Waals surface area contributed by atoms with E-state index in [2.05, 4.69) is 15.2 Å². The molecule has 0 aromatic heterocycles. The number of hydrogen-bond donors (Lipinski definition) is 1. The fraction of sp³-hybridized carbons (Fsp3) is 0.857. The fourth-order valence-corrected chi connectivity index (χ4v) is 1.51. The van der Waals surface area contributed by atoms with E-state index in [1.165, 1.54) is 25.9 Å². The van der Waals surface area contributed by atoms with E-state index >= 15 is 0 Å². The Morgan fingerprint density at radius 2 is 2.55 bits per heavy atom. The molecule has 11 heavy (non-hydrogen) atoms. The summed E-state index contributed by atoms with van der Waals surface area (Å²) in [4.78, 5) is 6.72. The summed E-state index contributed by atoms with van der Waals surface area (Å²) in [6.45, 7) is 4.52. The van der Waals surface area contributed by atoms with E-state index in [9.17, 15) is 0 Å². The number of nitrogens with zero attached hydrogens (tertiary/aromatic N) is 2. The molecule has 0 amide bonds. The average molecular weight is 155 g/mol. The van der Waals surface area contributed by atoms with Crippen LogP contribution in [0.4, 0.5) is 0 Å². The van der Waals surface area contributed by atoms with Crippen molar-refractivity contribution in [3.8, 4) is 0 Å². The number of nitrogens with one attached hydrogen (secondary N) is 1. The Morgan fingerprint density at radius 1 is 1.73 bits per heavy atom. The Balaban J connectivity index is 0.000000251. The molecule has 2 heterocycles. The zero-order valence-corrected chi connectivity index (χ0v) is 6.71. The van der Waals surface area contributed by atoms with Gasteiger partial charge in [-0.3, -0.25) is 4.99 Å². The van der Waals surface area contributed by atoms with Crippen molar-refractivity contribution in [1.29, 1.82) is 2.67 Å². The molecule has 0 aromatic carbocycles. The zero-order chi connectivity index (χ0) is 9.52. The first-order valence-electron chi connectivity index (χ1n) is 5.15. The van der Waals surface area contributed by atoms with Gasteiger partial charge >= 0.3 is 0 Å². The van der Waals surface area contributed by atoms with Crippen LogP contribution in [0.3, 0.4) is 0 Å². The van der Waals surface area contributed by atoms with Gasteiger partial charge in [0.2, 0.25) is 0 Å². The first-order chi connectivity index (χ1) is 6.38. The highest BCUT2D eigenvalue weighted by Gasteiger charge is 2.17. The van der Waals surface area contributed by atoms with Crippen molar-refractivity contribution in [3.05, 3.63) is 0 Å². The standard InChI is InChI=1S/C7H13N3.BH2/c1-3-8-7-9-4-2-6-10(7)5-1;/h1-6H2,(H,8,9);1H2/i;1TD. The first kappa shape index (κ1) is 5.92. The van der Waals surface area contributed by atoms with Crippen molar-refractivity contribution in [3.63, 3.8) is 0 Å². The van der Waals surface area contributed by atoms with Crippen LogP contribution in [0.5, 0.6) is 0 Å². The second kappa shape index (κ2) is 3.65. The van der Waals surface area contributed by atoms with Gasteiger partial charge in [-0.05, 0) is 15.5 Å². The number of rotatable bonds is 0. The van der Waals surface area contributed by atoms with Gasteiger partial charge in [0.15, 0.2) is 5.96 Å². The Hall–Kier alpha value is -0.665. The molecule has 1 saturated heterocycles. The summed E-state index contributed by atoms with van der Waals surface area (Å²) >= 11 is 0. The fourth-order valence-electron chi connectivity index (χ4n) is 1.51. The van der Waals surface area contributed by atoms with Gasteiger partial charge in [0.25, 0.3) is 0 Å². The molecule has 0 unspecified atom stereocenters. The van der Waals surface area contributed by atoms with Gasteiger partial charge in [-0.15, -0.1) is 0 Å². The number of fused-ring (bicyclic) bond motifs is 1. The van der Waals surface area contributed by atoms with E-state index in [0.29, 0.717) is 8.34 Å². The summed E-state index contributed by atoms with van der Waals surface area (Å²) in [5.41, 5.74) is 0. The van der Waals surface area contributed by atoms with Crippen molar-refractivity contribution in [2.45, 2.75) is 12.8 Å². The van der Waals surface area contributed by atoms with Crippen LogP contribution in [0, 0.1) is 0 Å². The molecule has 0 aliphatic carbocycles. The van der Waals surface area contributed by atoms with Gasteiger partial charge < -0.3 is 10.2 Å². The molecular formula is C7H15BN3. The van der Waals surface area contributed by atoms with E-state index in [1.54, 1.807) is 0 Å². The Morgan fingerprint density at radius 3 is 3.36 bits per heavy atom. The average Bonchev–Trinajstić information content (AvgIpc) is 2.19. The van der Waals surface area contributed by atoms with Crippen LogP contribution in [0.2, 0.25) is 0 Å². The van der Waals surface area contributed by atoms with Crippen LogP contribution in [0.15, 0.2) is 4.99 Å². The van der Waals surface area contributed by atoms with E-state index in [-0.39, 0.29) is 0 Å². The molecule has 1 fully saturated rings. The molecule has 2 rings (SSSR count). The number of hydrogen-bond acceptors (Lipinski definition) is 3. The van der Waals surface area contributed by atoms with Crippen LogP contribution < -0.4 is 5.32 Å². The molecule has 2 aliphatic rings. The minimum Gasteiger partial charge on any atom is -0.356 e. The quantitative estimate of drug-likeness (QED) is 0.460. The SMILES string of the molecule is C1CN=C2NCCCN2C1.[2H][B][3H]. The number of aliphatic imine (C=N–C) groups is 1. The molecular weight excluding hydrogens is 137 g/mol. The van der Waals surface area contributed by atoms with Gasteiger partial charge in [-0.2, -0.15) is 0 Å². The third-order valence-corrected chi connectivity index (χ3v) is 2.04. The third-order valence-electron chi connectivity index (χ3n) is 2.04. The van der Waals surface area contributed by atoms with Crippen LogP contribution in [0.1, 0.15) is 12.8 Å². The smallest absolute Gasteiger partial charge is 0.193 e. The molecule has 2 aliphatic heterocycles. The van der Waals surface area contributed by atoms with Crippen molar-refractivity contribution < 1.29 is 0 Å². The van der Waals surface area contributed by atoms with Gasteiger partial charge in [-0.25, -0.2) is 0 Å². The predicted octanol–water partition coefficient (Wildman–Crippen LogP) is -0.875. The highest BCUT2D eigenvalue weighted by Crippen LogP contribution is 2.05. The lowest BCUT2D eigenvalue weighted by molar-refractivity contribution is 0.346. The maximum Gasteiger partial charge on any atom is 0.193 e. The van der Waals surface area contributed by atoms with E-state index in [4.69, 9.17) is 2.67 Å². The lowest BCUT2D eigenvalue weighted by Crippen LogP contribution is -2.49. The Kier molecular flexibility index (Phi) is 1.96. The van der Waals surface area contributed by atoms with Crippen LogP contribution in [0.25, 0.3) is 0 Å². The normalized spacial score (nSPS) is 24.0. The summed E-state index contributed by atoms with van der Waals surface area (Å²) in [5, 5.41) is 3.30. The highest BCUT2D eigenvalue weighted by molar-refractivity contribution is 5.81. The lowest BCUT2D eigenvalue weighted by Gasteiger charge is -2.33. The first-order valence-corrected chi connectivity index (χ1v) is 4.00. The summed E-state index contributed by atoms with van der Waals surface area (Å²) in [7, 11) is 0.500. The molecule has 3 nitrogen and oxygen atoms in total. The van der Waals surface area contributed by atoms with Crippen LogP contribution in [-0.4, -0.2) is 48.0 Å². The molecule has 0 aromatic rings. The minimum atomic E-state index is 0.500. The molecule has 0 atom stereocenters. The number of guanidine groups is 1.